The Morgan fingerprint density at radius 3 is 1.69 bits per heavy atom. The van der Waals surface area contributed by atoms with Gasteiger partial charge in [-0.15, -0.1) is 0 Å². The van der Waals surface area contributed by atoms with Gasteiger partial charge in [0.15, 0.2) is 12.3 Å². The number of carbonyl (C=O) groups excluding carboxylic acids is 4. The first-order valence-corrected chi connectivity index (χ1v) is 7.56. The molecule has 0 aromatic carbocycles. The van der Waals surface area contributed by atoms with Gasteiger partial charge in [-0.25, -0.2) is 19.2 Å². The van der Waals surface area contributed by atoms with Crippen molar-refractivity contribution in [3.8, 4) is 0 Å². The lowest BCUT2D eigenvalue weighted by molar-refractivity contribution is -0.158. The average Bonchev–Trinajstić information content (AvgIpc) is 2.64. The Labute approximate surface area is 151 Å². The first-order valence-electron chi connectivity index (χ1n) is 7.56. The van der Waals surface area contributed by atoms with Gasteiger partial charge in [0, 0.05) is 24.8 Å². The molecule has 144 valence electrons. The van der Waals surface area contributed by atoms with Crippen LogP contribution in [0.25, 0.3) is 0 Å². The Balaban J connectivity index is 5.05. The van der Waals surface area contributed by atoms with Crippen molar-refractivity contribution in [2.75, 3.05) is 26.5 Å². The van der Waals surface area contributed by atoms with E-state index < -0.39 is 42.8 Å². The molecule has 0 aromatic heterocycles. The minimum Gasteiger partial charge on any atom is -0.458 e. The van der Waals surface area contributed by atoms with Crippen LogP contribution in [0.3, 0.4) is 0 Å². The Hall–Kier alpha value is -3.10. The van der Waals surface area contributed by atoms with E-state index in [1.165, 1.54) is 6.92 Å². The first-order chi connectivity index (χ1) is 12.2. The summed E-state index contributed by atoms with van der Waals surface area (Å²) >= 11 is 0. The van der Waals surface area contributed by atoms with Crippen LogP contribution in [0.5, 0.6) is 0 Å². The van der Waals surface area contributed by atoms with E-state index in [4.69, 9.17) is 18.9 Å². The van der Waals surface area contributed by atoms with Crippen LogP contribution in [0.2, 0.25) is 0 Å². The Kier molecular flexibility index (Phi) is 10.1. The maximum Gasteiger partial charge on any atom is 0.413 e. The van der Waals surface area contributed by atoms with Gasteiger partial charge in [-0.2, -0.15) is 0 Å². The van der Waals surface area contributed by atoms with Gasteiger partial charge in [-0.05, 0) is 13.8 Å². The molecule has 0 bridgehead atoms. The monoisotopic (exact) mass is 369 g/mol. The fraction of sp³-hybridized carbons (Fsp3) is 0.412. The summed E-state index contributed by atoms with van der Waals surface area (Å²) in [5, 5.41) is 0. The molecule has 0 unspecified atom stereocenters. The lowest BCUT2D eigenvalue weighted by Crippen LogP contribution is -2.46. The predicted molar refractivity (Wildman–Crippen MR) is 90.7 cm³/mol. The van der Waals surface area contributed by atoms with E-state index in [9.17, 15) is 19.2 Å². The molecule has 0 aromatic rings. The molecule has 0 aliphatic rings. The van der Waals surface area contributed by atoms with Gasteiger partial charge in [-0.3, -0.25) is 4.90 Å². The maximum absolute atomic E-state index is 12.3. The third-order valence-corrected chi connectivity index (χ3v) is 2.88. The van der Waals surface area contributed by atoms with E-state index in [2.05, 4.69) is 19.7 Å². The zero-order valence-electron chi connectivity index (χ0n) is 14.9. The van der Waals surface area contributed by atoms with Gasteiger partial charge in [0.1, 0.15) is 13.2 Å². The van der Waals surface area contributed by atoms with Gasteiger partial charge >= 0.3 is 24.0 Å². The average molecular weight is 369 g/mol. The van der Waals surface area contributed by atoms with E-state index >= 15 is 0 Å². The Bertz CT molecular complexity index is 545. The highest BCUT2D eigenvalue weighted by molar-refractivity contribution is 5.82. The van der Waals surface area contributed by atoms with E-state index in [1.54, 1.807) is 6.92 Å². The third-order valence-electron chi connectivity index (χ3n) is 2.88. The molecule has 0 aliphatic heterocycles. The van der Waals surface area contributed by atoms with E-state index in [0.717, 1.165) is 23.1 Å². The second-order valence-electron chi connectivity index (χ2n) is 5.09. The summed E-state index contributed by atoms with van der Waals surface area (Å²) in [7, 11) is 0. The number of esters is 3. The standard InChI is InChI=1S/C17H23NO8/c1-6-13(19)23-10-17(5,11-24-14(20)7-2)26-16(22)18(9-4)12-25-15(21)8-3/h6-8H,1-3,9-12H2,4-5H3. The highest BCUT2D eigenvalue weighted by Gasteiger charge is 2.34. The summed E-state index contributed by atoms with van der Waals surface area (Å²) < 4.78 is 19.8. The van der Waals surface area contributed by atoms with E-state index in [-0.39, 0.29) is 13.3 Å². The quantitative estimate of drug-likeness (QED) is 0.232. The third kappa shape index (κ3) is 8.67. The molecular formula is C17H23NO8. The maximum atomic E-state index is 12.3. The van der Waals surface area contributed by atoms with Gasteiger partial charge < -0.3 is 18.9 Å². The van der Waals surface area contributed by atoms with Crippen molar-refractivity contribution < 1.29 is 38.1 Å². The SMILES string of the molecule is C=CC(=O)OCN(CC)C(=O)OC(C)(COC(=O)C=C)COC(=O)C=C. The van der Waals surface area contributed by atoms with Crippen molar-refractivity contribution in [1.82, 2.24) is 4.90 Å². The molecule has 0 radical (unpaired) electrons. The van der Waals surface area contributed by atoms with Crippen molar-refractivity contribution in [2.45, 2.75) is 19.4 Å². The van der Waals surface area contributed by atoms with Crippen molar-refractivity contribution in [3.63, 3.8) is 0 Å². The minimum atomic E-state index is -1.48. The van der Waals surface area contributed by atoms with Crippen LogP contribution < -0.4 is 0 Å². The topological polar surface area (TPSA) is 108 Å². The minimum absolute atomic E-state index is 0.165. The van der Waals surface area contributed by atoms with Crippen molar-refractivity contribution >= 4 is 24.0 Å². The molecule has 0 N–H and O–H groups in total. The van der Waals surface area contributed by atoms with Crippen LogP contribution in [0.1, 0.15) is 13.8 Å². The van der Waals surface area contributed by atoms with Crippen LogP contribution in [0.15, 0.2) is 38.0 Å². The second-order valence-corrected chi connectivity index (χ2v) is 5.09. The van der Waals surface area contributed by atoms with E-state index in [0.29, 0.717) is 0 Å². The van der Waals surface area contributed by atoms with Crippen molar-refractivity contribution in [2.24, 2.45) is 0 Å². The smallest absolute Gasteiger partial charge is 0.413 e. The van der Waals surface area contributed by atoms with Gasteiger partial charge in [0.05, 0.1) is 0 Å². The highest BCUT2D eigenvalue weighted by atomic mass is 16.6. The predicted octanol–water partition coefficient (Wildman–Crippen LogP) is 1.35. The van der Waals surface area contributed by atoms with Crippen LogP contribution in [-0.4, -0.2) is 61.0 Å². The lowest BCUT2D eigenvalue weighted by atomic mass is 10.1. The van der Waals surface area contributed by atoms with Gasteiger partial charge in [0.2, 0.25) is 0 Å². The summed E-state index contributed by atoms with van der Waals surface area (Å²) in [6.45, 7) is 11.8. The molecule has 0 spiro atoms. The summed E-state index contributed by atoms with van der Waals surface area (Å²) in [6, 6.07) is 0. The molecule has 0 atom stereocenters. The number of hydrogen-bond donors (Lipinski definition) is 0. The number of nitrogens with zero attached hydrogens (tertiary/aromatic N) is 1. The molecule has 0 rings (SSSR count). The Morgan fingerprint density at radius 1 is 0.885 bits per heavy atom. The fourth-order valence-electron chi connectivity index (χ4n) is 1.41. The highest BCUT2D eigenvalue weighted by Crippen LogP contribution is 2.15. The molecule has 26 heavy (non-hydrogen) atoms. The van der Waals surface area contributed by atoms with E-state index in [1.807, 2.05) is 0 Å². The van der Waals surface area contributed by atoms with Gasteiger partial charge in [-0.1, -0.05) is 19.7 Å². The summed E-state index contributed by atoms with van der Waals surface area (Å²) in [5.74, 6) is -2.19. The molecular weight excluding hydrogens is 346 g/mol. The summed E-state index contributed by atoms with van der Waals surface area (Å²) in [6.07, 6.45) is 1.96. The molecule has 0 heterocycles. The molecule has 0 saturated heterocycles. The van der Waals surface area contributed by atoms with Crippen LogP contribution in [0, 0.1) is 0 Å². The first kappa shape index (κ1) is 22.9. The van der Waals surface area contributed by atoms with Gasteiger partial charge in [0.25, 0.3) is 0 Å². The molecule has 0 fully saturated rings. The number of carbonyl (C=O) groups is 4. The molecule has 1 amide bonds. The number of hydrogen-bond acceptors (Lipinski definition) is 8. The zero-order valence-corrected chi connectivity index (χ0v) is 14.9. The lowest BCUT2D eigenvalue weighted by Gasteiger charge is -2.31. The van der Waals surface area contributed by atoms with Crippen LogP contribution in [-0.2, 0) is 33.3 Å². The number of ether oxygens (including phenoxy) is 4. The molecule has 0 aliphatic carbocycles. The summed E-state index contributed by atoms with van der Waals surface area (Å²) in [4.78, 5) is 47.0. The second kappa shape index (κ2) is 11.5. The number of rotatable bonds is 11. The van der Waals surface area contributed by atoms with Crippen LogP contribution in [0.4, 0.5) is 4.79 Å². The number of amides is 1. The molecule has 0 saturated carbocycles. The van der Waals surface area contributed by atoms with Crippen LogP contribution >= 0.6 is 0 Å². The molecule has 9 heteroatoms. The fourth-order valence-corrected chi connectivity index (χ4v) is 1.41. The molecule has 9 nitrogen and oxygen atoms in total. The summed E-state index contributed by atoms with van der Waals surface area (Å²) in [5.41, 5.74) is -1.48. The van der Waals surface area contributed by atoms with Crippen molar-refractivity contribution in [1.29, 1.82) is 0 Å². The Morgan fingerprint density at radius 2 is 1.31 bits per heavy atom. The zero-order chi connectivity index (χ0) is 20.2. The largest absolute Gasteiger partial charge is 0.458 e. The normalized spacial score (nSPS) is 10.1. The van der Waals surface area contributed by atoms with Crippen molar-refractivity contribution in [3.05, 3.63) is 38.0 Å².